The highest BCUT2D eigenvalue weighted by molar-refractivity contribution is 7.21. The molecule has 1 aromatic carbocycles. The predicted molar refractivity (Wildman–Crippen MR) is 86.9 cm³/mol. The average Bonchev–Trinajstić information content (AvgIpc) is 2.80. The van der Waals surface area contributed by atoms with E-state index in [9.17, 15) is 4.79 Å². The maximum absolute atomic E-state index is 12.0. The van der Waals surface area contributed by atoms with Crippen LogP contribution < -0.4 is 5.43 Å². The Balaban J connectivity index is 1.99. The Kier molecular flexibility index (Phi) is 5.56. The number of nitrogens with zero attached hydrogens (tertiary/aromatic N) is 1. The number of hydrogen-bond acceptors (Lipinski definition) is 3. The van der Waals surface area contributed by atoms with E-state index in [0.29, 0.717) is 9.90 Å². The van der Waals surface area contributed by atoms with Crippen molar-refractivity contribution in [3.8, 4) is 0 Å². The molecule has 106 valence electrons. The Morgan fingerprint density at radius 3 is 2.95 bits per heavy atom. The number of hydrogen-bond donors (Lipinski definition) is 1. The number of halogens is 1. The fraction of sp³-hybridized carbons (Fsp3) is 0.333. The molecule has 0 radical (unpaired) electrons. The van der Waals surface area contributed by atoms with Crippen LogP contribution in [0.15, 0.2) is 29.4 Å². The van der Waals surface area contributed by atoms with Gasteiger partial charge in [0.05, 0.1) is 5.02 Å². The molecule has 20 heavy (non-hydrogen) atoms. The standard InChI is InChI=1S/C15H17ClN2OS/c1-2-3-4-7-10-17-18-15(19)14-13(16)11-8-5-6-9-12(11)20-14/h5-6,8-10H,2-4,7H2,1H3,(H,18,19)/b17-10+. The first-order valence-electron chi connectivity index (χ1n) is 6.73. The number of thiophene rings is 1. The number of amides is 1. The first kappa shape index (κ1) is 15.0. The molecule has 0 unspecified atom stereocenters. The smallest absolute Gasteiger partial charge is 0.266 e. The van der Waals surface area contributed by atoms with Gasteiger partial charge in [0.2, 0.25) is 0 Å². The summed E-state index contributed by atoms with van der Waals surface area (Å²) in [4.78, 5) is 12.5. The maximum atomic E-state index is 12.0. The van der Waals surface area contributed by atoms with Gasteiger partial charge in [-0.2, -0.15) is 5.10 Å². The van der Waals surface area contributed by atoms with Crippen LogP contribution in [0.2, 0.25) is 5.02 Å². The molecule has 0 aliphatic heterocycles. The number of hydrazone groups is 1. The Hall–Kier alpha value is -1.39. The summed E-state index contributed by atoms with van der Waals surface area (Å²) in [6.07, 6.45) is 6.09. The van der Waals surface area contributed by atoms with Crippen molar-refractivity contribution in [3.63, 3.8) is 0 Å². The van der Waals surface area contributed by atoms with Gasteiger partial charge >= 0.3 is 0 Å². The van der Waals surface area contributed by atoms with Crippen LogP contribution in [-0.4, -0.2) is 12.1 Å². The van der Waals surface area contributed by atoms with Gasteiger partial charge in [0.15, 0.2) is 0 Å². The Labute approximate surface area is 127 Å². The number of unbranched alkanes of at least 4 members (excludes halogenated alkanes) is 3. The van der Waals surface area contributed by atoms with E-state index < -0.39 is 0 Å². The first-order chi connectivity index (χ1) is 9.74. The second kappa shape index (κ2) is 7.41. The molecule has 5 heteroatoms. The molecule has 2 rings (SSSR count). The molecule has 0 fully saturated rings. The SMILES string of the molecule is CCCCC/C=N/NC(=O)c1sc2ccccc2c1Cl. The van der Waals surface area contributed by atoms with Gasteiger partial charge < -0.3 is 0 Å². The van der Waals surface area contributed by atoms with Crippen molar-refractivity contribution in [1.82, 2.24) is 5.43 Å². The van der Waals surface area contributed by atoms with Crippen LogP contribution in [0.1, 0.15) is 42.3 Å². The summed E-state index contributed by atoms with van der Waals surface area (Å²) in [7, 11) is 0. The van der Waals surface area contributed by atoms with Crippen molar-refractivity contribution in [2.24, 2.45) is 5.10 Å². The minimum atomic E-state index is -0.247. The van der Waals surface area contributed by atoms with Gasteiger partial charge in [0.1, 0.15) is 4.88 Å². The molecule has 2 aromatic rings. The third kappa shape index (κ3) is 3.58. The van der Waals surface area contributed by atoms with Gasteiger partial charge in [-0.1, -0.05) is 49.6 Å². The van der Waals surface area contributed by atoms with Crippen LogP contribution in [-0.2, 0) is 0 Å². The van der Waals surface area contributed by atoms with Crippen molar-refractivity contribution in [3.05, 3.63) is 34.2 Å². The molecule has 0 spiro atoms. The van der Waals surface area contributed by atoms with Gasteiger partial charge in [-0.3, -0.25) is 4.79 Å². The Morgan fingerprint density at radius 1 is 1.40 bits per heavy atom. The summed E-state index contributed by atoms with van der Waals surface area (Å²) < 4.78 is 1.01. The zero-order valence-corrected chi connectivity index (χ0v) is 12.9. The van der Waals surface area contributed by atoms with Crippen molar-refractivity contribution < 1.29 is 4.79 Å². The fourth-order valence-electron chi connectivity index (χ4n) is 1.87. The summed E-state index contributed by atoms with van der Waals surface area (Å²) in [5.74, 6) is -0.247. The summed E-state index contributed by atoms with van der Waals surface area (Å²) >= 11 is 7.62. The number of carbonyl (C=O) groups excluding carboxylic acids is 1. The van der Waals surface area contributed by atoms with Crippen molar-refractivity contribution in [2.45, 2.75) is 32.6 Å². The molecule has 3 nitrogen and oxygen atoms in total. The van der Waals surface area contributed by atoms with Gasteiger partial charge in [-0.25, -0.2) is 5.43 Å². The molecule has 0 saturated heterocycles. The summed E-state index contributed by atoms with van der Waals surface area (Å²) in [6.45, 7) is 2.16. The predicted octanol–water partition coefficient (Wildman–Crippen LogP) is 4.85. The highest BCUT2D eigenvalue weighted by Crippen LogP contribution is 2.34. The number of carbonyl (C=O) groups is 1. The fourth-order valence-corrected chi connectivity index (χ4v) is 3.27. The second-order valence-corrected chi connectivity index (χ2v) is 5.92. The van der Waals surface area contributed by atoms with E-state index in [1.165, 1.54) is 24.2 Å². The quantitative estimate of drug-likeness (QED) is 0.462. The summed E-state index contributed by atoms with van der Waals surface area (Å²) in [5, 5.41) is 5.37. The minimum absolute atomic E-state index is 0.247. The molecular formula is C15H17ClN2OS. The molecule has 0 bridgehead atoms. The Morgan fingerprint density at radius 2 is 2.20 bits per heavy atom. The summed E-state index contributed by atoms with van der Waals surface area (Å²) in [6, 6.07) is 7.72. The van der Waals surface area contributed by atoms with E-state index >= 15 is 0 Å². The maximum Gasteiger partial charge on any atom is 0.282 e. The van der Waals surface area contributed by atoms with E-state index in [0.717, 1.165) is 22.9 Å². The zero-order valence-electron chi connectivity index (χ0n) is 11.4. The largest absolute Gasteiger partial charge is 0.282 e. The monoisotopic (exact) mass is 308 g/mol. The lowest BCUT2D eigenvalue weighted by Crippen LogP contribution is -2.16. The van der Waals surface area contributed by atoms with Gasteiger partial charge in [-0.15, -0.1) is 11.3 Å². The molecule has 0 saturated carbocycles. The highest BCUT2D eigenvalue weighted by Gasteiger charge is 2.16. The molecule has 0 atom stereocenters. The third-order valence-electron chi connectivity index (χ3n) is 2.94. The van der Waals surface area contributed by atoms with Crippen LogP contribution in [0.5, 0.6) is 0 Å². The summed E-state index contributed by atoms with van der Waals surface area (Å²) in [5.41, 5.74) is 2.53. The molecule has 1 aromatic heterocycles. The van der Waals surface area contributed by atoms with E-state index in [4.69, 9.17) is 11.6 Å². The normalized spacial score (nSPS) is 11.3. The van der Waals surface area contributed by atoms with E-state index in [-0.39, 0.29) is 5.91 Å². The number of rotatable bonds is 6. The van der Waals surface area contributed by atoms with Crippen LogP contribution in [0.4, 0.5) is 0 Å². The lowest BCUT2D eigenvalue weighted by atomic mass is 10.2. The molecule has 0 aliphatic carbocycles. The van der Waals surface area contributed by atoms with E-state index in [1.54, 1.807) is 6.21 Å². The molecule has 1 amide bonds. The minimum Gasteiger partial charge on any atom is -0.266 e. The van der Waals surface area contributed by atoms with Crippen LogP contribution in [0.3, 0.4) is 0 Å². The second-order valence-electron chi connectivity index (χ2n) is 4.49. The van der Waals surface area contributed by atoms with Crippen LogP contribution in [0.25, 0.3) is 10.1 Å². The topological polar surface area (TPSA) is 41.5 Å². The zero-order chi connectivity index (χ0) is 14.4. The highest BCUT2D eigenvalue weighted by atomic mass is 35.5. The molecule has 1 heterocycles. The van der Waals surface area contributed by atoms with E-state index in [2.05, 4.69) is 17.5 Å². The van der Waals surface area contributed by atoms with Gasteiger partial charge in [0.25, 0.3) is 5.91 Å². The van der Waals surface area contributed by atoms with Crippen molar-refractivity contribution in [2.75, 3.05) is 0 Å². The molecule has 0 aliphatic rings. The molecule has 1 N–H and O–H groups in total. The lowest BCUT2D eigenvalue weighted by Gasteiger charge is -1.97. The van der Waals surface area contributed by atoms with Gasteiger partial charge in [-0.05, 0) is 18.9 Å². The number of nitrogens with one attached hydrogen (secondary N) is 1. The lowest BCUT2D eigenvalue weighted by molar-refractivity contribution is 0.0959. The molecular weight excluding hydrogens is 292 g/mol. The van der Waals surface area contributed by atoms with Crippen molar-refractivity contribution >= 4 is 45.1 Å². The number of fused-ring (bicyclic) bond motifs is 1. The first-order valence-corrected chi connectivity index (χ1v) is 7.92. The third-order valence-corrected chi connectivity index (χ3v) is 4.61. The van der Waals surface area contributed by atoms with Gasteiger partial charge in [0, 0.05) is 16.3 Å². The van der Waals surface area contributed by atoms with Crippen LogP contribution >= 0.6 is 22.9 Å². The number of benzene rings is 1. The van der Waals surface area contributed by atoms with Crippen molar-refractivity contribution in [1.29, 1.82) is 0 Å². The average molecular weight is 309 g/mol. The Bertz CT molecular complexity index is 621. The van der Waals surface area contributed by atoms with E-state index in [1.807, 2.05) is 24.3 Å². The van der Waals surface area contributed by atoms with Crippen LogP contribution in [0, 0.1) is 0 Å².